The number of pyridine rings is 1. The van der Waals surface area contributed by atoms with E-state index in [1.54, 1.807) is 42.5 Å². The molecule has 0 radical (unpaired) electrons. The summed E-state index contributed by atoms with van der Waals surface area (Å²) in [5.74, 6) is -0.421. The first-order chi connectivity index (χ1) is 18.4. The van der Waals surface area contributed by atoms with Crippen LogP contribution in [0, 0.1) is 0 Å². The number of fused-ring (bicyclic) bond motifs is 1. The Morgan fingerprint density at radius 3 is 2.61 bits per heavy atom. The molecule has 2 aromatic carbocycles. The molecular weight excluding hydrogens is 484 g/mol. The normalized spacial score (nSPS) is 12.6. The minimum absolute atomic E-state index is 0.139. The van der Waals surface area contributed by atoms with Crippen molar-refractivity contribution in [2.75, 3.05) is 17.6 Å². The van der Waals surface area contributed by atoms with E-state index in [0.29, 0.717) is 52.3 Å². The number of hydrogen-bond donors (Lipinski definition) is 4. The molecule has 0 fully saturated rings. The molecule has 10 nitrogen and oxygen atoms in total. The van der Waals surface area contributed by atoms with Gasteiger partial charge in [-0.1, -0.05) is 25.1 Å². The highest BCUT2D eigenvalue weighted by atomic mass is 16.7. The van der Waals surface area contributed by atoms with Gasteiger partial charge in [0.15, 0.2) is 0 Å². The van der Waals surface area contributed by atoms with E-state index >= 15 is 0 Å². The highest BCUT2D eigenvalue weighted by molar-refractivity contribution is 6.07. The number of carbonyl (C=O) groups is 2. The van der Waals surface area contributed by atoms with Gasteiger partial charge in [0.2, 0.25) is 0 Å². The summed E-state index contributed by atoms with van der Waals surface area (Å²) in [6, 6.07) is 13.9. The molecular formula is C28H30N6O4. The van der Waals surface area contributed by atoms with E-state index in [1.807, 2.05) is 19.1 Å². The van der Waals surface area contributed by atoms with Crippen molar-refractivity contribution in [2.45, 2.75) is 33.0 Å². The Hall–Kier alpha value is -4.54. The lowest BCUT2D eigenvalue weighted by atomic mass is 10.0. The van der Waals surface area contributed by atoms with Crippen LogP contribution in [0.1, 0.15) is 46.8 Å². The number of anilines is 2. The fourth-order valence-electron chi connectivity index (χ4n) is 3.87. The minimum Gasteiger partial charge on any atom is -0.399 e. The Labute approximate surface area is 220 Å². The van der Waals surface area contributed by atoms with Crippen LogP contribution in [0.2, 0.25) is 0 Å². The van der Waals surface area contributed by atoms with Gasteiger partial charge in [0.1, 0.15) is 12.4 Å². The smallest absolute Gasteiger partial charge is 0.273 e. The molecule has 4 rings (SSSR count). The molecule has 2 amide bonds. The van der Waals surface area contributed by atoms with Gasteiger partial charge in [0.25, 0.3) is 11.8 Å². The first kappa shape index (κ1) is 26.5. The molecule has 0 saturated carbocycles. The van der Waals surface area contributed by atoms with E-state index < -0.39 is 0 Å². The van der Waals surface area contributed by atoms with Crippen molar-refractivity contribution in [3.63, 3.8) is 0 Å². The number of nitrogen functional groups attached to an aromatic ring is 1. The van der Waals surface area contributed by atoms with Gasteiger partial charge < -0.3 is 21.9 Å². The number of aliphatic hydroxyl groups is 1. The molecule has 0 spiro atoms. The predicted octanol–water partition coefficient (Wildman–Crippen LogP) is 3.55. The Morgan fingerprint density at radius 1 is 1.08 bits per heavy atom. The van der Waals surface area contributed by atoms with Crippen LogP contribution >= 0.6 is 0 Å². The monoisotopic (exact) mass is 514 g/mol. The standard InChI is InChI=1S/C28H30N6O4/c1-2-9-34(38-17-18-3-7-23(29)8-4-18)28(37)22-11-20-5-6-21(12-25(20)33-26(30)13-22)27(36)32-24-10-19(16-35)14-31-15-24/h3-8,10-12,14-15,35H,2,9,13,16-17,29H2,1H3,(H2,30,33)(H,32,36). The van der Waals surface area contributed by atoms with Gasteiger partial charge in [-0.05, 0) is 54.0 Å². The van der Waals surface area contributed by atoms with Crippen molar-refractivity contribution in [1.82, 2.24) is 10.0 Å². The fourth-order valence-corrected chi connectivity index (χ4v) is 3.87. The predicted molar refractivity (Wildman–Crippen MR) is 146 cm³/mol. The van der Waals surface area contributed by atoms with Gasteiger partial charge in [0, 0.05) is 41.5 Å². The number of carbonyl (C=O) groups excluding carboxylic acids is 2. The van der Waals surface area contributed by atoms with Crippen LogP contribution < -0.4 is 16.8 Å². The largest absolute Gasteiger partial charge is 0.399 e. The summed E-state index contributed by atoms with van der Waals surface area (Å²) in [6.45, 7) is 2.40. The number of benzene rings is 2. The van der Waals surface area contributed by atoms with Gasteiger partial charge in [0.05, 0.1) is 24.2 Å². The average molecular weight is 515 g/mol. The number of aromatic nitrogens is 1. The van der Waals surface area contributed by atoms with E-state index in [1.165, 1.54) is 17.5 Å². The molecule has 1 aromatic heterocycles. The van der Waals surface area contributed by atoms with Crippen LogP contribution in [0.4, 0.5) is 17.1 Å². The second-order valence-corrected chi connectivity index (χ2v) is 8.84. The minimum atomic E-state index is -0.367. The molecule has 0 saturated heterocycles. The lowest BCUT2D eigenvalue weighted by Gasteiger charge is -2.22. The van der Waals surface area contributed by atoms with Crippen molar-refractivity contribution in [2.24, 2.45) is 10.7 Å². The first-order valence-electron chi connectivity index (χ1n) is 12.2. The lowest BCUT2D eigenvalue weighted by Crippen LogP contribution is -2.34. The molecule has 6 N–H and O–H groups in total. The second kappa shape index (κ2) is 12.1. The summed E-state index contributed by atoms with van der Waals surface area (Å²) in [6.07, 6.45) is 5.59. The third-order valence-corrected chi connectivity index (χ3v) is 5.79. The van der Waals surface area contributed by atoms with Crippen molar-refractivity contribution in [1.29, 1.82) is 0 Å². The number of aliphatic hydroxyl groups excluding tert-OH is 1. The number of hydroxylamine groups is 2. The molecule has 10 heteroatoms. The maximum Gasteiger partial charge on any atom is 0.273 e. The first-order valence-corrected chi connectivity index (χ1v) is 12.2. The molecule has 38 heavy (non-hydrogen) atoms. The zero-order chi connectivity index (χ0) is 27.1. The topological polar surface area (TPSA) is 156 Å². The van der Waals surface area contributed by atoms with E-state index in [-0.39, 0.29) is 37.3 Å². The Balaban J connectivity index is 1.53. The molecule has 196 valence electrons. The molecule has 2 heterocycles. The van der Waals surface area contributed by atoms with E-state index in [2.05, 4.69) is 15.3 Å². The zero-order valence-corrected chi connectivity index (χ0v) is 21.1. The van der Waals surface area contributed by atoms with Crippen LogP contribution in [-0.4, -0.2) is 39.3 Å². The maximum atomic E-state index is 13.4. The van der Waals surface area contributed by atoms with Crippen LogP contribution in [-0.2, 0) is 22.8 Å². The lowest BCUT2D eigenvalue weighted by molar-refractivity contribution is -0.187. The van der Waals surface area contributed by atoms with E-state index in [4.69, 9.17) is 16.3 Å². The molecule has 0 bridgehead atoms. The number of nitrogens with zero attached hydrogens (tertiary/aromatic N) is 3. The number of rotatable bonds is 9. The Morgan fingerprint density at radius 2 is 1.87 bits per heavy atom. The van der Waals surface area contributed by atoms with Crippen LogP contribution in [0.15, 0.2) is 71.5 Å². The maximum absolute atomic E-state index is 13.4. The Kier molecular flexibility index (Phi) is 8.47. The summed E-state index contributed by atoms with van der Waals surface area (Å²) in [5.41, 5.74) is 16.4. The van der Waals surface area contributed by atoms with Crippen molar-refractivity contribution in [3.05, 3.63) is 88.8 Å². The highest BCUT2D eigenvalue weighted by Crippen LogP contribution is 2.29. The van der Waals surface area contributed by atoms with Crippen molar-refractivity contribution >= 4 is 40.8 Å². The zero-order valence-electron chi connectivity index (χ0n) is 21.1. The fraction of sp³-hybridized carbons (Fsp3) is 0.214. The third-order valence-electron chi connectivity index (χ3n) is 5.79. The van der Waals surface area contributed by atoms with Gasteiger partial charge in [-0.3, -0.25) is 19.4 Å². The van der Waals surface area contributed by atoms with Crippen molar-refractivity contribution in [3.8, 4) is 0 Å². The molecule has 0 unspecified atom stereocenters. The van der Waals surface area contributed by atoms with Gasteiger partial charge in [-0.2, -0.15) is 0 Å². The molecule has 0 atom stereocenters. The summed E-state index contributed by atoms with van der Waals surface area (Å²) in [4.78, 5) is 40.6. The van der Waals surface area contributed by atoms with Gasteiger partial charge in [-0.25, -0.2) is 10.1 Å². The van der Waals surface area contributed by atoms with E-state index in [9.17, 15) is 14.7 Å². The summed E-state index contributed by atoms with van der Waals surface area (Å²) in [5, 5.41) is 13.4. The molecule has 1 aliphatic heterocycles. The Bertz CT molecular complexity index is 1380. The average Bonchev–Trinajstić information content (AvgIpc) is 3.09. The molecule has 0 aliphatic carbocycles. The second-order valence-electron chi connectivity index (χ2n) is 8.84. The quantitative estimate of drug-likeness (QED) is 0.251. The van der Waals surface area contributed by atoms with Crippen LogP contribution in [0.25, 0.3) is 6.08 Å². The SMILES string of the molecule is CCCN(OCc1ccc(N)cc1)C(=O)C1=Cc2ccc(C(=O)Nc3cncc(CO)c3)cc2N=C(N)C1. The van der Waals surface area contributed by atoms with Gasteiger partial charge in [-0.15, -0.1) is 0 Å². The number of aliphatic imine (C=N–C) groups is 1. The number of hydrogen-bond acceptors (Lipinski definition) is 8. The number of nitrogens with one attached hydrogen (secondary N) is 1. The summed E-state index contributed by atoms with van der Waals surface area (Å²) < 4.78 is 0. The van der Waals surface area contributed by atoms with Gasteiger partial charge >= 0.3 is 0 Å². The van der Waals surface area contributed by atoms with Crippen molar-refractivity contribution < 1.29 is 19.5 Å². The molecule has 1 aliphatic rings. The number of amides is 2. The summed E-state index contributed by atoms with van der Waals surface area (Å²) >= 11 is 0. The number of nitrogens with two attached hydrogens (primary N) is 2. The van der Waals surface area contributed by atoms with E-state index in [0.717, 1.165) is 5.56 Å². The highest BCUT2D eigenvalue weighted by Gasteiger charge is 2.23. The third kappa shape index (κ3) is 6.61. The number of amidine groups is 1. The summed E-state index contributed by atoms with van der Waals surface area (Å²) in [7, 11) is 0. The van der Waals surface area contributed by atoms with Crippen LogP contribution in [0.3, 0.4) is 0 Å². The van der Waals surface area contributed by atoms with Crippen LogP contribution in [0.5, 0.6) is 0 Å². The molecule has 3 aromatic rings.